The Morgan fingerprint density at radius 1 is 1.13 bits per heavy atom. The van der Waals surface area contributed by atoms with E-state index in [1.807, 2.05) is 6.92 Å². The van der Waals surface area contributed by atoms with E-state index in [4.69, 9.17) is 5.73 Å². The summed E-state index contributed by atoms with van der Waals surface area (Å²) >= 11 is 0. The third kappa shape index (κ3) is 5.35. The van der Waals surface area contributed by atoms with E-state index in [-0.39, 0.29) is 34.4 Å². The summed E-state index contributed by atoms with van der Waals surface area (Å²) in [5.74, 6) is -0.963. The molecule has 2 heterocycles. The molecule has 0 atom stereocenters. The molecule has 0 aliphatic rings. The molecule has 0 fully saturated rings. The van der Waals surface area contributed by atoms with Crippen molar-refractivity contribution in [3.63, 3.8) is 0 Å². The average Bonchev–Trinajstić information content (AvgIpc) is 3.37. The standard InChI is InChI=1S/C27H27F3N6O3/c1-5-35-22(15(2)9-10-36-16(3)33-34(4)26(36)39)13-18-11-19(27(28,29)30)14-21(23(18)35)25(38)32-20-8-6-7-17(12-20)24(31)37/h6-8,11-14H,2,5,9-10H2,1,3-4H3,(H2,31,37)(H,32,38). The van der Waals surface area contributed by atoms with Gasteiger partial charge in [0.25, 0.3) is 5.91 Å². The molecule has 12 heteroatoms. The summed E-state index contributed by atoms with van der Waals surface area (Å²) in [4.78, 5) is 37.2. The third-order valence-corrected chi connectivity index (χ3v) is 6.48. The molecule has 2 aromatic heterocycles. The lowest BCUT2D eigenvalue weighted by atomic mass is 10.0. The molecule has 9 nitrogen and oxygen atoms in total. The van der Waals surface area contributed by atoms with Crippen LogP contribution in [0.15, 0.2) is 53.8 Å². The minimum Gasteiger partial charge on any atom is -0.366 e. The quantitative estimate of drug-likeness (QED) is 0.346. The Morgan fingerprint density at radius 3 is 2.44 bits per heavy atom. The van der Waals surface area contributed by atoms with Crippen molar-refractivity contribution in [3.05, 3.63) is 87.7 Å². The number of primary amides is 1. The van der Waals surface area contributed by atoms with Crippen LogP contribution in [0.25, 0.3) is 16.5 Å². The Balaban J connectivity index is 1.78. The van der Waals surface area contributed by atoms with E-state index in [0.717, 1.165) is 12.1 Å². The number of benzene rings is 2. The first-order chi connectivity index (χ1) is 18.3. The molecule has 39 heavy (non-hydrogen) atoms. The Kier molecular flexibility index (Phi) is 7.23. The molecule has 2 aromatic carbocycles. The number of hydrogen-bond acceptors (Lipinski definition) is 4. The molecule has 0 saturated heterocycles. The monoisotopic (exact) mass is 540 g/mol. The summed E-state index contributed by atoms with van der Waals surface area (Å²) in [7, 11) is 1.55. The van der Waals surface area contributed by atoms with Crippen LogP contribution in [0.5, 0.6) is 0 Å². The largest absolute Gasteiger partial charge is 0.416 e. The number of nitrogens with two attached hydrogens (primary N) is 1. The maximum absolute atomic E-state index is 13.8. The van der Waals surface area contributed by atoms with Gasteiger partial charge in [-0.25, -0.2) is 9.48 Å². The Bertz CT molecular complexity index is 1680. The number of carbonyl (C=O) groups excluding carboxylic acids is 2. The summed E-state index contributed by atoms with van der Waals surface area (Å²) in [5.41, 5.74) is 5.63. The number of hydrogen-bond donors (Lipinski definition) is 2. The highest BCUT2D eigenvalue weighted by Gasteiger charge is 2.33. The van der Waals surface area contributed by atoms with Crippen LogP contribution in [0.2, 0.25) is 0 Å². The predicted molar refractivity (Wildman–Crippen MR) is 141 cm³/mol. The van der Waals surface area contributed by atoms with Crippen molar-refractivity contribution in [2.75, 3.05) is 5.32 Å². The number of aromatic nitrogens is 4. The number of anilines is 1. The lowest BCUT2D eigenvalue weighted by Gasteiger charge is -2.15. The summed E-state index contributed by atoms with van der Waals surface area (Å²) < 4.78 is 45.9. The van der Waals surface area contributed by atoms with Gasteiger partial charge in [-0.1, -0.05) is 12.6 Å². The van der Waals surface area contributed by atoms with Crippen LogP contribution in [-0.2, 0) is 26.3 Å². The molecule has 204 valence electrons. The van der Waals surface area contributed by atoms with E-state index in [2.05, 4.69) is 17.0 Å². The van der Waals surface area contributed by atoms with Gasteiger partial charge in [0.05, 0.1) is 16.6 Å². The van der Waals surface area contributed by atoms with E-state index in [9.17, 15) is 27.6 Å². The topological polar surface area (TPSA) is 117 Å². The van der Waals surface area contributed by atoms with Crippen LogP contribution in [0, 0.1) is 6.92 Å². The predicted octanol–water partition coefficient (Wildman–Crippen LogP) is 4.34. The van der Waals surface area contributed by atoms with Crippen LogP contribution >= 0.6 is 0 Å². The number of carbonyl (C=O) groups is 2. The number of alkyl halides is 3. The number of nitrogens with zero attached hydrogens (tertiary/aromatic N) is 4. The first-order valence-corrected chi connectivity index (χ1v) is 12.1. The highest BCUT2D eigenvalue weighted by molar-refractivity contribution is 6.13. The van der Waals surface area contributed by atoms with Gasteiger partial charge in [0.15, 0.2) is 0 Å². The summed E-state index contributed by atoms with van der Waals surface area (Å²) in [6.07, 6.45) is -4.37. The van der Waals surface area contributed by atoms with E-state index in [1.54, 1.807) is 24.6 Å². The van der Waals surface area contributed by atoms with E-state index in [0.29, 0.717) is 35.6 Å². The van der Waals surface area contributed by atoms with E-state index >= 15 is 0 Å². The lowest BCUT2D eigenvalue weighted by Crippen LogP contribution is -2.23. The second-order valence-corrected chi connectivity index (χ2v) is 9.09. The van der Waals surface area contributed by atoms with Gasteiger partial charge in [0, 0.05) is 42.5 Å². The Labute approximate surface area is 221 Å². The van der Waals surface area contributed by atoms with Crippen molar-refractivity contribution >= 4 is 34.0 Å². The van der Waals surface area contributed by atoms with Crippen LogP contribution in [0.1, 0.15) is 51.1 Å². The number of rotatable bonds is 8. The number of nitrogens with one attached hydrogen (secondary N) is 1. The fourth-order valence-electron chi connectivity index (χ4n) is 4.58. The zero-order valence-electron chi connectivity index (χ0n) is 21.6. The molecular formula is C27H27F3N6O3. The fourth-order valence-corrected chi connectivity index (χ4v) is 4.58. The molecule has 4 rings (SSSR count). The maximum Gasteiger partial charge on any atom is 0.416 e. The van der Waals surface area contributed by atoms with Crippen molar-refractivity contribution < 1.29 is 22.8 Å². The van der Waals surface area contributed by atoms with Crippen molar-refractivity contribution in [2.45, 2.75) is 39.5 Å². The second kappa shape index (κ2) is 10.3. The van der Waals surface area contributed by atoms with Crippen LogP contribution in [-0.4, -0.2) is 30.7 Å². The molecule has 0 aliphatic heterocycles. The highest BCUT2D eigenvalue weighted by Crippen LogP contribution is 2.36. The molecule has 0 aliphatic carbocycles. The Morgan fingerprint density at radius 2 is 1.85 bits per heavy atom. The fraction of sp³-hybridized carbons (Fsp3) is 0.259. The molecule has 0 unspecified atom stereocenters. The summed E-state index contributed by atoms with van der Waals surface area (Å²) in [6, 6.07) is 9.19. The van der Waals surface area contributed by atoms with Gasteiger partial charge in [-0.2, -0.15) is 18.3 Å². The highest BCUT2D eigenvalue weighted by atomic mass is 19.4. The van der Waals surface area contributed by atoms with Crippen molar-refractivity contribution in [1.82, 2.24) is 18.9 Å². The van der Waals surface area contributed by atoms with Crippen LogP contribution < -0.4 is 16.7 Å². The molecule has 0 saturated carbocycles. The molecule has 2 amide bonds. The van der Waals surface area contributed by atoms with Crippen molar-refractivity contribution in [2.24, 2.45) is 12.8 Å². The van der Waals surface area contributed by atoms with Gasteiger partial charge in [-0.3, -0.25) is 14.2 Å². The maximum atomic E-state index is 13.8. The van der Waals surface area contributed by atoms with E-state index < -0.39 is 23.6 Å². The van der Waals surface area contributed by atoms with Gasteiger partial charge in [-0.05, 0) is 62.2 Å². The minimum absolute atomic E-state index is 0.139. The first kappa shape index (κ1) is 27.4. The molecule has 4 aromatic rings. The van der Waals surface area contributed by atoms with Gasteiger partial charge in [0.2, 0.25) is 5.91 Å². The minimum atomic E-state index is -4.69. The second-order valence-electron chi connectivity index (χ2n) is 9.09. The molecule has 0 bridgehead atoms. The SMILES string of the molecule is C=C(CCn1c(C)nn(C)c1=O)c1cc2cc(C(F)(F)F)cc(C(=O)Nc3cccc(C(N)=O)c3)c2n1CC. The molecule has 0 radical (unpaired) electrons. The number of allylic oxidation sites excluding steroid dienone is 1. The molecular weight excluding hydrogens is 513 g/mol. The van der Waals surface area contributed by atoms with Crippen LogP contribution in [0.4, 0.5) is 18.9 Å². The molecule has 0 spiro atoms. The number of aryl methyl sites for hydroxylation is 3. The number of halogens is 3. The summed E-state index contributed by atoms with van der Waals surface area (Å²) in [5, 5.41) is 6.89. The lowest BCUT2D eigenvalue weighted by molar-refractivity contribution is -0.137. The van der Waals surface area contributed by atoms with E-state index in [1.165, 1.54) is 33.5 Å². The third-order valence-electron chi connectivity index (χ3n) is 6.48. The summed E-state index contributed by atoms with van der Waals surface area (Å²) in [6.45, 7) is 8.25. The van der Waals surface area contributed by atoms with Crippen LogP contribution in [0.3, 0.4) is 0 Å². The zero-order chi connectivity index (χ0) is 28.6. The van der Waals surface area contributed by atoms with Gasteiger partial charge < -0.3 is 15.6 Å². The Hall–Kier alpha value is -4.61. The first-order valence-electron chi connectivity index (χ1n) is 12.1. The number of amides is 2. The van der Waals surface area contributed by atoms with Gasteiger partial charge in [0.1, 0.15) is 5.82 Å². The van der Waals surface area contributed by atoms with Crippen molar-refractivity contribution in [1.29, 1.82) is 0 Å². The average molecular weight is 541 g/mol. The normalized spacial score (nSPS) is 11.6. The van der Waals surface area contributed by atoms with Crippen molar-refractivity contribution in [3.8, 4) is 0 Å². The van der Waals surface area contributed by atoms with Gasteiger partial charge >= 0.3 is 11.9 Å². The number of fused-ring (bicyclic) bond motifs is 1. The molecule has 3 N–H and O–H groups in total. The zero-order valence-corrected chi connectivity index (χ0v) is 21.6. The smallest absolute Gasteiger partial charge is 0.366 e. The van der Waals surface area contributed by atoms with Gasteiger partial charge in [-0.15, -0.1) is 0 Å².